The Morgan fingerprint density at radius 1 is 1.09 bits per heavy atom. The minimum Gasteiger partial charge on any atom is -0.336 e. The van der Waals surface area contributed by atoms with Crippen LogP contribution >= 0.6 is 0 Å². The van der Waals surface area contributed by atoms with Crippen molar-refractivity contribution >= 4 is 11.7 Å². The van der Waals surface area contributed by atoms with E-state index in [4.69, 9.17) is 0 Å². The Labute approximate surface area is 190 Å². The standard InChI is InChI=1S/C25H34N6O/c1-3-9-21(24-29-28-23-12-7-8-15-31(23)24)27-25(32)26-18-22(20-10-5-4-6-11-20)30-16-13-19(2)14-17-30/h4-8,10-12,15,19,21-22H,3,9,13-14,16-18H2,1-2H3,(H2,26,27,32). The van der Waals surface area contributed by atoms with Crippen LogP contribution in [0.25, 0.3) is 5.65 Å². The number of carbonyl (C=O) groups is 1. The average Bonchev–Trinajstić information content (AvgIpc) is 3.25. The smallest absolute Gasteiger partial charge is 0.315 e. The van der Waals surface area contributed by atoms with E-state index in [9.17, 15) is 4.79 Å². The van der Waals surface area contributed by atoms with Crippen molar-refractivity contribution in [1.29, 1.82) is 0 Å². The lowest BCUT2D eigenvalue weighted by Crippen LogP contribution is -2.45. The lowest BCUT2D eigenvalue weighted by Gasteiger charge is -2.37. The average molecular weight is 435 g/mol. The maximum absolute atomic E-state index is 12.9. The molecule has 32 heavy (non-hydrogen) atoms. The van der Waals surface area contributed by atoms with Crippen LogP contribution in [0.15, 0.2) is 54.7 Å². The zero-order chi connectivity index (χ0) is 22.3. The van der Waals surface area contributed by atoms with E-state index in [-0.39, 0.29) is 18.1 Å². The van der Waals surface area contributed by atoms with Crippen molar-refractivity contribution in [2.45, 2.75) is 51.6 Å². The Hall–Kier alpha value is -2.93. The van der Waals surface area contributed by atoms with Crippen molar-refractivity contribution in [3.05, 3.63) is 66.1 Å². The first kappa shape index (κ1) is 22.3. The molecule has 1 saturated heterocycles. The molecule has 170 valence electrons. The maximum Gasteiger partial charge on any atom is 0.315 e. The fraction of sp³-hybridized carbons (Fsp3) is 0.480. The van der Waals surface area contributed by atoms with Crippen LogP contribution < -0.4 is 10.6 Å². The van der Waals surface area contributed by atoms with Gasteiger partial charge >= 0.3 is 6.03 Å². The third-order valence-electron chi connectivity index (χ3n) is 6.43. The molecule has 3 aromatic rings. The molecule has 0 saturated carbocycles. The first-order valence-electron chi connectivity index (χ1n) is 11.8. The number of amides is 2. The number of fused-ring (bicyclic) bond motifs is 1. The number of hydrogen-bond acceptors (Lipinski definition) is 4. The third-order valence-corrected chi connectivity index (χ3v) is 6.43. The summed E-state index contributed by atoms with van der Waals surface area (Å²) in [4.78, 5) is 15.4. The molecule has 7 nitrogen and oxygen atoms in total. The van der Waals surface area contributed by atoms with Gasteiger partial charge < -0.3 is 10.6 Å². The summed E-state index contributed by atoms with van der Waals surface area (Å²) in [5.74, 6) is 1.54. The zero-order valence-corrected chi connectivity index (χ0v) is 19.1. The van der Waals surface area contributed by atoms with E-state index in [1.165, 1.54) is 18.4 Å². The van der Waals surface area contributed by atoms with Crippen LogP contribution in [0.4, 0.5) is 4.79 Å². The molecular weight excluding hydrogens is 400 g/mol. The van der Waals surface area contributed by atoms with Gasteiger partial charge in [0, 0.05) is 12.7 Å². The van der Waals surface area contributed by atoms with Crippen molar-refractivity contribution in [1.82, 2.24) is 30.1 Å². The summed E-state index contributed by atoms with van der Waals surface area (Å²) >= 11 is 0. The van der Waals surface area contributed by atoms with Gasteiger partial charge in [-0.2, -0.15) is 0 Å². The summed E-state index contributed by atoms with van der Waals surface area (Å²) in [6.07, 6.45) is 6.08. The van der Waals surface area contributed by atoms with Gasteiger partial charge in [-0.25, -0.2) is 4.79 Å². The van der Waals surface area contributed by atoms with Gasteiger partial charge in [0.25, 0.3) is 0 Å². The van der Waals surface area contributed by atoms with E-state index in [1.54, 1.807) is 0 Å². The molecule has 2 unspecified atom stereocenters. The molecule has 2 atom stereocenters. The van der Waals surface area contributed by atoms with Crippen molar-refractivity contribution in [2.75, 3.05) is 19.6 Å². The summed E-state index contributed by atoms with van der Waals surface area (Å²) < 4.78 is 1.95. The lowest BCUT2D eigenvalue weighted by molar-refractivity contribution is 0.136. The van der Waals surface area contributed by atoms with Crippen LogP contribution in [-0.4, -0.2) is 45.2 Å². The van der Waals surface area contributed by atoms with Gasteiger partial charge in [-0.1, -0.05) is 56.7 Å². The summed E-state index contributed by atoms with van der Waals surface area (Å²) in [6, 6.07) is 16.1. The monoisotopic (exact) mass is 434 g/mol. The van der Waals surface area contributed by atoms with Crippen LogP contribution in [0, 0.1) is 5.92 Å². The molecule has 3 heterocycles. The van der Waals surface area contributed by atoms with E-state index >= 15 is 0 Å². The Bertz CT molecular complexity index is 996. The highest BCUT2D eigenvalue weighted by atomic mass is 16.2. The number of aromatic nitrogens is 3. The summed E-state index contributed by atoms with van der Waals surface area (Å²) in [6.45, 7) is 7.13. The zero-order valence-electron chi connectivity index (χ0n) is 19.1. The minimum absolute atomic E-state index is 0.164. The van der Waals surface area contributed by atoms with Crippen molar-refractivity contribution in [2.24, 2.45) is 5.92 Å². The summed E-state index contributed by atoms with van der Waals surface area (Å²) in [5.41, 5.74) is 2.03. The van der Waals surface area contributed by atoms with Gasteiger partial charge in [-0.05, 0) is 56.0 Å². The predicted molar refractivity (Wildman–Crippen MR) is 126 cm³/mol. The van der Waals surface area contributed by atoms with Crippen LogP contribution in [0.1, 0.15) is 63.0 Å². The molecule has 1 aliphatic heterocycles. The van der Waals surface area contributed by atoms with E-state index in [0.29, 0.717) is 6.54 Å². The second-order valence-electron chi connectivity index (χ2n) is 8.83. The SMILES string of the molecule is CCCC(NC(=O)NCC(c1ccccc1)N1CCC(C)CC1)c1nnc2ccccn12. The van der Waals surface area contributed by atoms with Crippen LogP contribution in [-0.2, 0) is 0 Å². The van der Waals surface area contributed by atoms with E-state index in [1.807, 2.05) is 34.9 Å². The Kier molecular flexibility index (Phi) is 7.37. The molecule has 0 radical (unpaired) electrons. The number of urea groups is 1. The first-order chi connectivity index (χ1) is 15.7. The largest absolute Gasteiger partial charge is 0.336 e. The second kappa shape index (κ2) is 10.6. The van der Waals surface area contributed by atoms with Crippen LogP contribution in [0.3, 0.4) is 0 Å². The fourth-order valence-electron chi connectivity index (χ4n) is 4.52. The highest BCUT2D eigenvalue weighted by Gasteiger charge is 2.26. The highest BCUT2D eigenvalue weighted by molar-refractivity contribution is 5.74. The summed E-state index contributed by atoms with van der Waals surface area (Å²) in [5, 5.41) is 14.9. The van der Waals surface area contributed by atoms with Gasteiger partial charge in [0.05, 0.1) is 12.1 Å². The number of nitrogens with one attached hydrogen (secondary N) is 2. The first-order valence-corrected chi connectivity index (χ1v) is 11.8. The second-order valence-corrected chi connectivity index (χ2v) is 8.83. The van der Waals surface area contributed by atoms with Crippen molar-refractivity contribution in [3.63, 3.8) is 0 Å². The van der Waals surface area contributed by atoms with Gasteiger partial charge in [-0.3, -0.25) is 9.30 Å². The molecule has 0 aliphatic carbocycles. The highest BCUT2D eigenvalue weighted by Crippen LogP contribution is 2.26. The number of likely N-dealkylation sites (tertiary alicyclic amines) is 1. The number of piperidine rings is 1. The molecule has 0 bridgehead atoms. The van der Waals surface area contributed by atoms with E-state index in [2.05, 4.69) is 63.8 Å². The number of rotatable bonds is 8. The van der Waals surface area contributed by atoms with Crippen LogP contribution in [0.2, 0.25) is 0 Å². The quantitative estimate of drug-likeness (QED) is 0.553. The third kappa shape index (κ3) is 5.27. The number of nitrogens with zero attached hydrogens (tertiary/aromatic N) is 4. The van der Waals surface area contributed by atoms with Gasteiger partial charge in [0.2, 0.25) is 0 Å². The predicted octanol–water partition coefficient (Wildman–Crippen LogP) is 4.34. The maximum atomic E-state index is 12.9. The van der Waals surface area contributed by atoms with Crippen molar-refractivity contribution < 1.29 is 4.79 Å². The molecule has 2 amide bonds. The molecule has 1 aliphatic rings. The normalized spacial score (nSPS) is 17.2. The van der Waals surface area contributed by atoms with Crippen molar-refractivity contribution in [3.8, 4) is 0 Å². The number of carbonyl (C=O) groups excluding carboxylic acids is 1. The lowest BCUT2D eigenvalue weighted by atomic mass is 9.95. The van der Waals surface area contributed by atoms with E-state index < -0.39 is 0 Å². The Balaban J connectivity index is 1.43. The number of pyridine rings is 1. The minimum atomic E-state index is -0.191. The Morgan fingerprint density at radius 3 is 2.59 bits per heavy atom. The fourth-order valence-corrected chi connectivity index (χ4v) is 4.52. The van der Waals surface area contributed by atoms with Gasteiger partial charge in [0.15, 0.2) is 11.5 Å². The Morgan fingerprint density at radius 2 is 1.84 bits per heavy atom. The molecule has 7 heteroatoms. The molecule has 2 N–H and O–H groups in total. The van der Waals surface area contributed by atoms with Gasteiger partial charge in [0.1, 0.15) is 0 Å². The molecule has 4 rings (SSSR count). The molecule has 0 spiro atoms. The topological polar surface area (TPSA) is 74.6 Å². The number of benzene rings is 1. The van der Waals surface area contributed by atoms with Gasteiger partial charge in [-0.15, -0.1) is 10.2 Å². The number of hydrogen-bond donors (Lipinski definition) is 2. The molecule has 2 aromatic heterocycles. The summed E-state index contributed by atoms with van der Waals surface area (Å²) in [7, 11) is 0. The molecule has 1 fully saturated rings. The van der Waals surface area contributed by atoms with E-state index in [0.717, 1.165) is 43.3 Å². The molecular formula is C25H34N6O. The van der Waals surface area contributed by atoms with Crippen LogP contribution in [0.5, 0.6) is 0 Å². The molecule has 1 aromatic carbocycles.